The van der Waals surface area contributed by atoms with Gasteiger partial charge in [-0.1, -0.05) is 16.8 Å². The SMILES string of the molecule is COc1ccc(-c2cc(C(F)(F)F)n3nc(-c4nc(-c5cc(Cl)ccc5OC)no4)cc3n2)cc1. The number of hydrogen-bond acceptors (Lipinski definition) is 7. The van der Waals surface area contributed by atoms with Gasteiger partial charge in [0.1, 0.15) is 11.5 Å². The van der Waals surface area contributed by atoms with Gasteiger partial charge in [0.15, 0.2) is 17.0 Å². The zero-order valence-electron chi connectivity index (χ0n) is 18.2. The van der Waals surface area contributed by atoms with Crippen molar-refractivity contribution in [2.45, 2.75) is 6.18 Å². The molecule has 0 atom stereocenters. The molecule has 0 N–H and O–H groups in total. The summed E-state index contributed by atoms with van der Waals surface area (Å²) in [7, 11) is 2.97. The van der Waals surface area contributed by atoms with Gasteiger partial charge in [0.25, 0.3) is 5.89 Å². The van der Waals surface area contributed by atoms with E-state index in [1.165, 1.54) is 20.3 Å². The van der Waals surface area contributed by atoms with Gasteiger partial charge in [0, 0.05) is 16.7 Å². The largest absolute Gasteiger partial charge is 0.497 e. The summed E-state index contributed by atoms with van der Waals surface area (Å²) in [6, 6.07) is 13.7. The van der Waals surface area contributed by atoms with E-state index in [0.29, 0.717) is 32.2 Å². The smallest absolute Gasteiger partial charge is 0.433 e. The van der Waals surface area contributed by atoms with Crippen molar-refractivity contribution in [3.8, 4) is 45.7 Å². The van der Waals surface area contributed by atoms with Gasteiger partial charge in [-0.05, 0) is 48.5 Å². The number of benzene rings is 2. The fourth-order valence-electron chi connectivity index (χ4n) is 3.48. The Morgan fingerprint density at radius 2 is 1.69 bits per heavy atom. The summed E-state index contributed by atoms with van der Waals surface area (Å²) in [6.07, 6.45) is -4.69. The highest BCUT2D eigenvalue weighted by molar-refractivity contribution is 6.30. The third-order valence-corrected chi connectivity index (χ3v) is 5.39. The van der Waals surface area contributed by atoms with E-state index in [9.17, 15) is 13.2 Å². The van der Waals surface area contributed by atoms with Gasteiger partial charge >= 0.3 is 6.18 Å². The summed E-state index contributed by atoms with van der Waals surface area (Å²) >= 11 is 6.06. The standard InChI is InChI=1S/C23H15ClF3N5O3/c1-33-14-6-3-12(4-7-14)16-10-19(23(25,26)27)32-20(28-16)11-17(30-32)22-29-21(31-35-22)15-9-13(24)5-8-18(15)34-2/h3-11H,1-2H3. The highest BCUT2D eigenvalue weighted by Crippen LogP contribution is 2.35. The van der Waals surface area contributed by atoms with E-state index >= 15 is 0 Å². The molecule has 0 spiro atoms. The van der Waals surface area contributed by atoms with Gasteiger partial charge in [-0.3, -0.25) is 0 Å². The van der Waals surface area contributed by atoms with Crippen molar-refractivity contribution in [2.24, 2.45) is 0 Å². The fourth-order valence-corrected chi connectivity index (χ4v) is 3.65. The third-order valence-electron chi connectivity index (χ3n) is 5.15. The van der Waals surface area contributed by atoms with Crippen LogP contribution in [-0.2, 0) is 6.18 Å². The monoisotopic (exact) mass is 501 g/mol. The van der Waals surface area contributed by atoms with E-state index in [1.54, 1.807) is 42.5 Å². The Labute approximate surface area is 200 Å². The van der Waals surface area contributed by atoms with Gasteiger partial charge in [-0.15, -0.1) is 0 Å². The molecule has 178 valence electrons. The number of rotatable bonds is 5. The van der Waals surface area contributed by atoms with Crippen LogP contribution in [0.1, 0.15) is 5.69 Å². The normalized spacial score (nSPS) is 11.7. The van der Waals surface area contributed by atoms with E-state index in [2.05, 4.69) is 20.2 Å². The van der Waals surface area contributed by atoms with Crippen LogP contribution in [0.15, 0.2) is 59.1 Å². The average Bonchev–Trinajstić information content (AvgIpc) is 3.50. The van der Waals surface area contributed by atoms with Gasteiger partial charge < -0.3 is 14.0 Å². The predicted molar refractivity (Wildman–Crippen MR) is 120 cm³/mol. The Hall–Kier alpha value is -4.12. The summed E-state index contributed by atoms with van der Waals surface area (Å²) in [4.78, 5) is 8.63. The lowest BCUT2D eigenvalue weighted by Crippen LogP contribution is -2.13. The molecule has 0 aliphatic heterocycles. The molecule has 5 rings (SSSR count). The molecule has 0 radical (unpaired) electrons. The van der Waals surface area contributed by atoms with Crippen molar-refractivity contribution in [3.63, 3.8) is 0 Å². The Balaban J connectivity index is 1.61. The van der Waals surface area contributed by atoms with Crippen molar-refractivity contribution >= 4 is 17.2 Å². The molecule has 0 aliphatic rings. The lowest BCUT2D eigenvalue weighted by atomic mass is 10.1. The summed E-state index contributed by atoms with van der Waals surface area (Å²) in [5.41, 5.74) is 0.0318. The van der Waals surface area contributed by atoms with Gasteiger partial charge in [-0.2, -0.15) is 23.3 Å². The zero-order chi connectivity index (χ0) is 24.7. The molecule has 8 nitrogen and oxygen atoms in total. The summed E-state index contributed by atoms with van der Waals surface area (Å²) in [5, 5.41) is 8.37. The molecule has 12 heteroatoms. The predicted octanol–water partition coefficient (Wildman–Crippen LogP) is 5.80. The molecule has 0 amide bonds. The molecule has 5 aromatic rings. The van der Waals surface area contributed by atoms with Crippen molar-refractivity contribution < 1.29 is 27.2 Å². The minimum Gasteiger partial charge on any atom is -0.497 e. The van der Waals surface area contributed by atoms with Crippen LogP contribution in [0.3, 0.4) is 0 Å². The zero-order valence-corrected chi connectivity index (χ0v) is 18.9. The number of ether oxygens (including phenoxy) is 2. The van der Waals surface area contributed by atoms with E-state index in [4.69, 9.17) is 25.6 Å². The van der Waals surface area contributed by atoms with Crippen LogP contribution < -0.4 is 9.47 Å². The van der Waals surface area contributed by atoms with Crippen molar-refractivity contribution in [2.75, 3.05) is 14.2 Å². The van der Waals surface area contributed by atoms with Crippen molar-refractivity contribution in [1.29, 1.82) is 0 Å². The lowest BCUT2D eigenvalue weighted by Gasteiger charge is -2.11. The third kappa shape index (κ3) is 4.26. The van der Waals surface area contributed by atoms with Crippen LogP contribution in [0.4, 0.5) is 13.2 Å². The molecule has 3 aromatic heterocycles. The maximum absolute atomic E-state index is 13.9. The Bertz CT molecular complexity index is 1530. The van der Waals surface area contributed by atoms with E-state index in [-0.39, 0.29) is 28.8 Å². The number of methoxy groups -OCH3 is 2. The number of hydrogen-bond donors (Lipinski definition) is 0. The Morgan fingerprint density at radius 1 is 0.914 bits per heavy atom. The van der Waals surface area contributed by atoms with Crippen LogP contribution in [-0.4, -0.2) is 39.0 Å². The number of aromatic nitrogens is 5. The van der Waals surface area contributed by atoms with E-state index < -0.39 is 11.9 Å². The molecule has 3 heterocycles. The topological polar surface area (TPSA) is 87.6 Å². The summed E-state index contributed by atoms with van der Waals surface area (Å²) in [5.74, 6) is 1.06. The summed E-state index contributed by atoms with van der Waals surface area (Å²) in [6.45, 7) is 0. The second kappa shape index (κ2) is 8.58. The minimum atomic E-state index is -4.69. The van der Waals surface area contributed by atoms with Crippen LogP contribution in [0, 0.1) is 0 Å². The molecule has 0 fully saturated rings. The van der Waals surface area contributed by atoms with Gasteiger partial charge in [-0.25, -0.2) is 9.50 Å². The van der Waals surface area contributed by atoms with Crippen LogP contribution in [0.25, 0.3) is 39.9 Å². The van der Waals surface area contributed by atoms with E-state index in [0.717, 1.165) is 6.07 Å². The first-order valence-corrected chi connectivity index (χ1v) is 10.4. The highest BCUT2D eigenvalue weighted by Gasteiger charge is 2.35. The Kier molecular flexibility index (Phi) is 5.56. The van der Waals surface area contributed by atoms with Crippen LogP contribution in [0.5, 0.6) is 11.5 Å². The molecule has 0 bridgehead atoms. The first-order valence-electron chi connectivity index (χ1n) is 10.1. The highest BCUT2D eigenvalue weighted by atomic mass is 35.5. The minimum absolute atomic E-state index is 0.0228. The second-order valence-corrected chi connectivity index (χ2v) is 7.76. The second-order valence-electron chi connectivity index (χ2n) is 7.32. The average molecular weight is 502 g/mol. The van der Waals surface area contributed by atoms with Crippen molar-refractivity contribution in [3.05, 3.63) is 65.3 Å². The first kappa shape index (κ1) is 22.7. The van der Waals surface area contributed by atoms with Crippen LogP contribution >= 0.6 is 11.6 Å². The lowest BCUT2D eigenvalue weighted by molar-refractivity contribution is -0.142. The number of alkyl halides is 3. The maximum Gasteiger partial charge on any atom is 0.433 e. The van der Waals surface area contributed by atoms with E-state index in [1.807, 2.05) is 0 Å². The number of halogens is 4. The molecule has 0 saturated heterocycles. The molecule has 0 aliphatic carbocycles. The number of fused-ring (bicyclic) bond motifs is 1. The Morgan fingerprint density at radius 3 is 2.37 bits per heavy atom. The van der Waals surface area contributed by atoms with Gasteiger partial charge in [0.05, 0.1) is 25.5 Å². The fraction of sp³-hybridized carbons (Fsp3) is 0.130. The van der Waals surface area contributed by atoms with Crippen LogP contribution in [0.2, 0.25) is 5.02 Å². The quantitative estimate of drug-likeness (QED) is 0.300. The maximum atomic E-state index is 13.9. The number of nitrogens with zero attached hydrogens (tertiary/aromatic N) is 5. The molecular weight excluding hydrogens is 487 g/mol. The molecule has 35 heavy (non-hydrogen) atoms. The van der Waals surface area contributed by atoms with Gasteiger partial charge in [0.2, 0.25) is 5.82 Å². The molecule has 0 saturated carbocycles. The van der Waals surface area contributed by atoms with Crippen molar-refractivity contribution in [1.82, 2.24) is 24.7 Å². The summed E-state index contributed by atoms with van der Waals surface area (Å²) < 4.78 is 58.1. The first-order chi connectivity index (χ1) is 16.8. The molecule has 2 aromatic carbocycles. The molecule has 0 unspecified atom stereocenters. The molecular formula is C23H15ClF3N5O3.